The highest BCUT2D eigenvalue weighted by Crippen LogP contribution is 2.19. The molecule has 2 aromatic rings. The van der Waals surface area contributed by atoms with Gasteiger partial charge in [-0.2, -0.15) is 16.3 Å². The van der Waals surface area contributed by atoms with Gasteiger partial charge in [0.25, 0.3) is 0 Å². The fourth-order valence-electron chi connectivity index (χ4n) is 2.32. The van der Waals surface area contributed by atoms with Gasteiger partial charge < -0.3 is 5.11 Å². The zero-order chi connectivity index (χ0) is 14.7. The fraction of sp³-hybridized carbons (Fsp3) is 0.357. The van der Waals surface area contributed by atoms with Crippen LogP contribution in [0.5, 0.6) is 0 Å². The van der Waals surface area contributed by atoms with Crippen LogP contribution in [0, 0.1) is 0 Å². The Morgan fingerprint density at radius 2 is 2.15 bits per heavy atom. The maximum Gasteiger partial charge on any atom is 0.352 e. The molecule has 2 rings (SSSR count). The van der Waals surface area contributed by atoms with E-state index in [0.717, 1.165) is 11.4 Å². The zero-order valence-corrected chi connectivity index (χ0v) is 12.2. The molecule has 0 fully saturated rings. The number of aromatic nitrogens is 2. The third-order valence-corrected chi connectivity index (χ3v) is 3.82. The number of hydrogen-bond acceptors (Lipinski definition) is 4. The lowest BCUT2D eigenvalue weighted by Gasteiger charge is -2.16. The number of hydrogen-bond donors (Lipinski definition) is 1. The molecule has 20 heavy (non-hydrogen) atoms. The van der Waals surface area contributed by atoms with Gasteiger partial charge in [0.1, 0.15) is 0 Å². The molecule has 0 atom stereocenters. The Hall–Kier alpha value is -1.95. The number of thiophene rings is 1. The number of carboxylic acids is 1. The number of carbonyl (C=O) groups is 1. The first-order valence-corrected chi connectivity index (χ1v) is 7.40. The zero-order valence-electron chi connectivity index (χ0n) is 11.4. The number of rotatable bonds is 5. The second kappa shape index (κ2) is 6.00. The molecule has 5 nitrogen and oxygen atoms in total. The van der Waals surface area contributed by atoms with E-state index in [1.165, 1.54) is 15.9 Å². The summed E-state index contributed by atoms with van der Waals surface area (Å²) in [7, 11) is 0. The van der Waals surface area contributed by atoms with Crippen LogP contribution in [0.25, 0.3) is 5.69 Å². The standard InChI is InChI=1S/C14H16N2O3S/c1-3-11-10(7-13(17)18)12(4-2)16(14(19)15-11)9-5-6-20-8-9/h5-6,8H,3-4,7H2,1-2H3,(H,17,18). The third-order valence-electron chi connectivity index (χ3n) is 3.15. The Bertz CT molecular complexity index is 674. The van der Waals surface area contributed by atoms with Crippen molar-refractivity contribution in [2.24, 2.45) is 0 Å². The largest absolute Gasteiger partial charge is 0.481 e. The van der Waals surface area contributed by atoms with Crippen LogP contribution in [0.1, 0.15) is 30.8 Å². The van der Waals surface area contributed by atoms with E-state index in [2.05, 4.69) is 4.98 Å². The van der Waals surface area contributed by atoms with Crippen molar-refractivity contribution >= 4 is 17.3 Å². The summed E-state index contributed by atoms with van der Waals surface area (Å²) < 4.78 is 1.52. The fourth-order valence-corrected chi connectivity index (χ4v) is 2.94. The second-order valence-electron chi connectivity index (χ2n) is 4.36. The molecule has 0 unspecified atom stereocenters. The van der Waals surface area contributed by atoms with E-state index in [4.69, 9.17) is 5.11 Å². The summed E-state index contributed by atoms with van der Waals surface area (Å²) in [6.07, 6.45) is 1.03. The lowest BCUT2D eigenvalue weighted by molar-refractivity contribution is -0.136. The van der Waals surface area contributed by atoms with Crippen molar-refractivity contribution in [2.75, 3.05) is 0 Å². The van der Waals surface area contributed by atoms with Crippen LogP contribution in [0.15, 0.2) is 21.6 Å². The molecule has 1 N–H and O–H groups in total. The minimum atomic E-state index is -0.910. The summed E-state index contributed by atoms with van der Waals surface area (Å²) in [5.74, 6) is -0.910. The van der Waals surface area contributed by atoms with Crippen LogP contribution in [0.2, 0.25) is 0 Å². The number of aliphatic carboxylic acids is 1. The molecule has 6 heteroatoms. The summed E-state index contributed by atoms with van der Waals surface area (Å²) in [5, 5.41) is 12.8. The molecular weight excluding hydrogens is 276 g/mol. The van der Waals surface area contributed by atoms with Crippen LogP contribution in [-0.4, -0.2) is 20.6 Å². The van der Waals surface area contributed by atoms with Gasteiger partial charge in [-0.05, 0) is 24.3 Å². The average molecular weight is 292 g/mol. The number of nitrogens with zero attached hydrogens (tertiary/aromatic N) is 2. The molecule has 0 aliphatic heterocycles. The minimum absolute atomic E-state index is 0.107. The van der Waals surface area contributed by atoms with Crippen LogP contribution >= 0.6 is 11.3 Å². The van der Waals surface area contributed by atoms with Crippen molar-refractivity contribution in [1.29, 1.82) is 0 Å². The van der Waals surface area contributed by atoms with E-state index >= 15 is 0 Å². The average Bonchev–Trinajstić information content (AvgIpc) is 2.92. The molecule has 2 aromatic heterocycles. The van der Waals surface area contributed by atoms with Crippen LogP contribution in [0.3, 0.4) is 0 Å². The Balaban J connectivity index is 2.75. The van der Waals surface area contributed by atoms with Gasteiger partial charge in [0.15, 0.2) is 0 Å². The summed E-state index contributed by atoms with van der Waals surface area (Å²) in [4.78, 5) is 27.4. The van der Waals surface area contributed by atoms with E-state index in [1.807, 2.05) is 30.7 Å². The van der Waals surface area contributed by atoms with Crippen LogP contribution < -0.4 is 5.69 Å². The topological polar surface area (TPSA) is 72.2 Å². The minimum Gasteiger partial charge on any atom is -0.481 e. The van der Waals surface area contributed by atoms with Gasteiger partial charge in [-0.15, -0.1) is 0 Å². The second-order valence-corrected chi connectivity index (χ2v) is 5.14. The highest BCUT2D eigenvalue weighted by atomic mass is 32.1. The van der Waals surface area contributed by atoms with Crippen molar-refractivity contribution < 1.29 is 9.90 Å². The predicted molar refractivity (Wildman–Crippen MR) is 77.8 cm³/mol. The molecule has 106 valence electrons. The Morgan fingerprint density at radius 3 is 2.65 bits per heavy atom. The van der Waals surface area contributed by atoms with Gasteiger partial charge in [-0.25, -0.2) is 4.79 Å². The molecule has 0 amide bonds. The molecule has 2 heterocycles. The molecule has 0 saturated heterocycles. The molecular formula is C14H16N2O3S. The normalized spacial score (nSPS) is 10.7. The first kappa shape index (κ1) is 14.5. The van der Waals surface area contributed by atoms with Gasteiger partial charge in [0.05, 0.1) is 17.8 Å². The monoisotopic (exact) mass is 292 g/mol. The number of aryl methyl sites for hydroxylation is 1. The maximum absolute atomic E-state index is 12.2. The Labute approximate surface area is 120 Å². The summed E-state index contributed by atoms with van der Waals surface area (Å²) in [6.45, 7) is 3.80. The molecule has 0 aliphatic rings. The van der Waals surface area contributed by atoms with Gasteiger partial charge >= 0.3 is 11.7 Å². The summed E-state index contributed by atoms with van der Waals surface area (Å²) in [5.41, 5.74) is 2.39. The molecule has 0 spiro atoms. The molecule has 0 aromatic carbocycles. The molecule has 0 bridgehead atoms. The van der Waals surface area contributed by atoms with Gasteiger partial charge in [-0.3, -0.25) is 9.36 Å². The van der Waals surface area contributed by atoms with Crippen molar-refractivity contribution in [3.8, 4) is 5.69 Å². The Kier molecular flexibility index (Phi) is 4.34. The lowest BCUT2D eigenvalue weighted by Crippen LogP contribution is -2.28. The van der Waals surface area contributed by atoms with E-state index in [1.54, 1.807) is 0 Å². The Morgan fingerprint density at radius 1 is 1.40 bits per heavy atom. The highest BCUT2D eigenvalue weighted by Gasteiger charge is 2.18. The van der Waals surface area contributed by atoms with E-state index < -0.39 is 5.97 Å². The lowest BCUT2D eigenvalue weighted by atomic mass is 10.0. The highest BCUT2D eigenvalue weighted by molar-refractivity contribution is 7.08. The van der Waals surface area contributed by atoms with Crippen molar-refractivity contribution in [2.45, 2.75) is 33.1 Å². The molecule has 0 saturated carbocycles. The summed E-state index contributed by atoms with van der Waals surface area (Å²) >= 11 is 1.49. The van der Waals surface area contributed by atoms with Gasteiger partial charge in [0, 0.05) is 16.6 Å². The smallest absolute Gasteiger partial charge is 0.352 e. The first-order chi connectivity index (χ1) is 9.58. The third kappa shape index (κ3) is 2.65. The SMILES string of the molecule is CCc1nc(=O)n(-c2ccsc2)c(CC)c1CC(=O)O. The van der Waals surface area contributed by atoms with Crippen LogP contribution in [0.4, 0.5) is 0 Å². The van der Waals surface area contributed by atoms with Gasteiger partial charge in [0.2, 0.25) is 0 Å². The summed E-state index contributed by atoms with van der Waals surface area (Å²) in [6, 6.07) is 1.84. The van der Waals surface area contributed by atoms with Crippen molar-refractivity contribution in [3.05, 3.63) is 44.3 Å². The van der Waals surface area contributed by atoms with Crippen molar-refractivity contribution in [3.63, 3.8) is 0 Å². The molecule has 0 radical (unpaired) electrons. The first-order valence-electron chi connectivity index (χ1n) is 6.46. The van der Waals surface area contributed by atoms with Crippen molar-refractivity contribution in [1.82, 2.24) is 9.55 Å². The van der Waals surface area contributed by atoms with Crippen LogP contribution in [-0.2, 0) is 24.1 Å². The molecule has 0 aliphatic carbocycles. The maximum atomic E-state index is 12.2. The number of carboxylic acid groups (broad SMARTS) is 1. The van der Waals surface area contributed by atoms with E-state index in [9.17, 15) is 9.59 Å². The van der Waals surface area contributed by atoms with Gasteiger partial charge in [-0.1, -0.05) is 13.8 Å². The quantitative estimate of drug-likeness (QED) is 0.915. The van der Waals surface area contributed by atoms with E-state index in [0.29, 0.717) is 24.1 Å². The predicted octanol–water partition coefficient (Wildman–Crippen LogP) is 2.05. The van der Waals surface area contributed by atoms with E-state index in [-0.39, 0.29) is 12.1 Å².